The molecule has 0 saturated heterocycles. The minimum absolute atomic E-state index is 0.272. The number of benzene rings is 1. The molecule has 0 spiro atoms. The SMILES string of the molecule is COc1ccc(CCC(O)CNCC(C)C)cc1. The quantitative estimate of drug-likeness (QED) is 0.744. The predicted molar refractivity (Wildman–Crippen MR) is 75.0 cm³/mol. The molecule has 1 aromatic rings. The van der Waals surface area contributed by atoms with Crippen LogP contribution in [-0.2, 0) is 6.42 Å². The summed E-state index contributed by atoms with van der Waals surface area (Å²) in [4.78, 5) is 0. The van der Waals surface area contributed by atoms with E-state index in [0.717, 1.165) is 25.1 Å². The van der Waals surface area contributed by atoms with Gasteiger partial charge in [-0.3, -0.25) is 0 Å². The molecule has 1 rings (SSSR count). The molecule has 1 atom stereocenters. The third-order valence-electron chi connectivity index (χ3n) is 2.86. The molecule has 2 N–H and O–H groups in total. The van der Waals surface area contributed by atoms with E-state index in [1.54, 1.807) is 7.11 Å². The van der Waals surface area contributed by atoms with Gasteiger partial charge in [-0.1, -0.05) is 26.0 Å². The molecule has 0 heterocycles. The molecule has 3 heteroatoms. The van der Waals surface area contributed by atoms with Crippen LogP contribution in [0.5, 0.6) is 5.75 Å². The summed E-state index contributed by atoms with van der Waals surface area (Å²) in [5, 5.41) is 13.1. The number of nitrogens with one attached hydrogen (secondary N) is 1. The van der Waals surface area contributed by atoms with Crippen LogP contribution in [0.4, 0.5) is 0 Å². The lowest BCUT2D eigenvalue weighted by molar-refractivity contribution is 0.161. The fraction of sp³-hybridized carbons (Fsp3) is 0.600. The van der Waals surface area contributed by atoms with Crippen molar-refractivity contribution < 1.29 is 9.84 Å². The number of methoxy groups -OCH3 is 1. The molecule has 0 amide bonds. The van der Waals surface area contributed by atoms with E-state index >= 15 is 0 Å². The molecule has 102 valence electrons. The molecule has 1 aromatic carbocycles. The van der Waals surface area contributed by atoms with Crippen LogP contribution in [0.3, 0.4) is 0 Å². The van der Waals surface area contributed by atoms with Gasteiger partial charge in [0.2, 0.25) is 0 Å². The molecular formula is C15H25NO2. The number of ether oxygens (including phenoxy) is 1. The second kappa shape index (κ2) is 8.11. The van der Waals surface area contributed by atoms with Crippen molar-refractivity contribution in [1.29, 1.82) is 0 Å². The van der Waals surface area contributed by atoms with Crippen molar-refractivity contribution in [2.24, 2.45) is 5.92 Å². The van der Waals surface area contributed by atoms with Crippen molar-refractivity contribution in [2.45, 2.75) is 32.8 Å². The molecule has 3 nitrogen and oxygen atoms in total. The summed E-state index contributed by atoms with van der Waals surface area (Å²) in [6.45, 7) is 5.96. The van der Waals surface area contributed by atoms with Crippen LogP contribution in [0.25, 0.3) is 0 Å². The number of aliphatic hydroxyl groups is 1. The third-order valence-corrected chi connectivity index (χ3v) is 2.86. The smallest absolute Gasteiger partial charge is 0.118 e. The van der Waals surface area contributed by atoms with Gasteiger partial charge in [0.15, 0.2) is 0 Å². The Morgan fingerprint density at radius 1 is 1.17 bits per heavy atom. The van der Waals surface area contributed by atoms with E-state index in [-0.39, 0.29) is 6.10 Å². The molecule has 0 aliphatic carbocycles. The Hall–Kier alpha value is -1.06. The fourth-order valence-corrected chi connectivity index (χ4v) is 1.77. The lowest BCUT2D eigenvalue weighted by atomic mass is 10.1. The summed E-state index contributed by atoms with van der Waals surface area (Å²) < 4.78 is 5.11. The summed E-state index contributed by atoms with van der Waals surface area (Å²) >= 11 is 0. The van der Waals surface area contributed by atoms with E-state index < -0.39 is 0 Å². The van der Waals surface area contributed by atoms with Gasteiger partial charge in [0.25, 0.3) is 0 Å². The predicted octanol–water partition coefficient (Wildman–Crippen LogP) is 2.23. The first-order valence-electron chi connectivity index (χ1n) is 6.63. The van der Waals surface area contributed by atoms with Gasteiger partial charge in [0.1, 0.15) is 5.75 Å². The van der Waals surface area contributed by atoms with Crippen molar-refractivity contribution in [3.63, 3.8) is 0 Å². The zero-order valence-electron chi connectivity index (χ0n) is 11.6. The zero-order valence-corrected chi connectivity index (χ0v) is 11.6. The van der Waals surface area contributed by atoms with Gasteiger partial charge in [0.05, 0.1) is 13.2 Å². The van der Waals surface area contributed by atoms with Gasteiger partial charge in [-0.25, -0.2) is 0 Å². The Kier molecular flexibility index (Phi) is 6.76. The minimum Gasteiger partial charge on any atom is -0.497 e. The fourth-order valence-electron chi connectivity index (χ4n) is 1.77. The van der Waals surface area contributed by atoms with Crippen LogP contribution in [0.15, 0.2) is 24.3 Å². The normalized spacial score (nSPS) is 12.7. The maximum atomic E-state index is 9.84. The highest BCUT2D eigenvalue weighted by atomic mass is 16.5. The summed E-state index contributed by atoms with van der Waals surface area (Å²) in [7, 11) is 1.67. The summed E-state index contributed by atoms with van der Waals surface area (Å²) in [6.07, 6.45) is 1.41. The number of rotatable bonds is 8. The van der Waals surface area contributed by atoms with Gasteiger partial charge in [-0.2, -0.15) is 0 Å². The molecular weight excluding hydrogens is 226 g/mol. The van der Waals surface area contributed by atoms with Crippen LogP contribution in [0, 0.1) is 5.92 Å². The number of aryl methyl sites for hydroxylation is 1. The highest BCUT2D eigenvalue weighted by molar-refractivity contribution is 5.27. The molecule has 0 bridgehead atoms. The first-order valence-corrected chi connectivity index (χ1v) is 6.63. The van der Waals surface area contributed by atoms with E-state index in [1.165, 1.54) is 5.56 Å². The van der Waals surface area contributed by atoms with E-state index in [2.05, 4.69) is 19.2 Å². The van der Waals surface area contributed by atoms with Crippen molar-refractivity contribution in [3.05, 3.63) is 29.8 Å². The first kappa shape index (κ1) is 15.0. The molecule has 1 unspecified atom stereocenters. The lowest BCUT2D eigenvalue weighted by Gasteiger charge is -2.13. The Balaban J connectivity index is 2.22. The Labute approximate surface area is 110 Å². The van der Waals surface area contributed by atoms with E-state index in [0.29, 0.717) is 12.5 Å². The monoisotopic (exact) mass is 251 g/mol. The van der Waals surface area contributed by atoms with E-state index in [1.807, 2.05) is 24.3 Å². The standard InChI is InChI=1S/C15H25NO2/c1-12(2)10-16-11-14(17)7-4-13-5-8-15(18-3)9-6-13/h5-6,8-9,12,14,16-17H,4,7,10-11H2,1-3H3. The largest absolute Gasteiger partial charge is 0.497 e. The minimum atomic E-state index is -0.272. The summed E-state index contributed by atoms with van der Waals surface area (Å²) in [5.41, 5.74) is 1.23. The molecule has 0 aliphatic rings. The molecule has 0 aliphatic heterocycles. The number of hydrogen-bond acceptors (Lipinski definition) is 3. The van der Waals surface area contributed by atoms with Gasteiger partial charge in [-0.05, 0) is 43.0 Å². The van der Waals surface area contributed by atoms with Crippen LogP contribution < -0.4 is 10.1 Å². The lowest BCUT2D eigenvalue weighted by Crippen LogP contribution is -2.29. The van der Waals surface area contributed by atoms with Crippen molar-refractivity contribution in [2.75, 3.05) is 20.2 Å². The van der Waals surface area contributed by atoms with Crippen molar-refractivity contribution >= 4 is 0 Å². The van der Waals surface area contributed by atoms with Crippen LogP contribution in [-0.4, -0.2) is 31.4 Å². The van der Waals surface area contributed by atoms with Crippen molar-refractivity contribution in [1.82, 2.24) is 5.32 Å². The first-order chi connectivity index (χ1) is 8.61. The van der Waals surface area contributed by atoms with E-state index in [4.69, 9.17) is 4.74 Å². The molecule has 0 saturated carbocycles. The second-order valence-corrected chi connectivity index (χ2v) is 5.09. The topological polar surface area (TPSA) is 41.5 Å². The number of hydrogen-bond donors (Lipinski definition) is 2. The van der Waals surface area contributed by atoms with Gasteiger partial charge in [-0.15, -0.1) is 0 Å². The Morgan fingerprint density at radius 3 is 2.39 bits per heavy atom. The Bertz CT molecular complexity index is 322. The molecule has 18 heavy (non-hydrogen) atoms. The molecule has 0 fully saturated rings. The average molecular weight is 251 g/mol. The average Bonchev–Trinajstić information content (AvgIpc) is 2.36. The molecule has 0 aromatic heterocycles. The van der Waals surface area contributed by atoms with Crippen LogP contribution >= 0.6 is 0 Å². The summed E-state index contributed by atoms with van der Waals surface area (Å²) in [5.74, 6) is 1.50. The maximum absolute atomic E-state index is 9.84. The van der Waals surface area contributed by atoms with Crippen LogP contribution in [0.1, 0.15) is 25.8 Å². The number of aliphatic hydroxyl groups excluding tert-OH is 1. The highest BCUT2D eigenvalue weighted by Gasteiger charge is 2.05. The summed E-state index contributed by atoms with van der Waals surface area (Å²) in [6, 6.07) is 8.01. The maximum Gasteiger partial charge on any atom is 0.118 e. The van der Waals surface area contributed by atoms with Gasteiger partial charge < -0.3 is 15.2 Å². The molecule has 0 radical (unpaired) electrons. The Morgan fingerprint density at radius 2 is 1.83 bits per heavy atom. The highest BCUT2D eigenvalue weighted by Crippen LogP contribution is 2.13. The van der Waals surface area contributed by atoms with Gasteiger partial charge >= 0.3 is 0 Å². The van der Waals surface area contributed by atoms with Gasteiger partial charge in [0, 0.05) is 6.54 Å². The second-order valence-electron chi connectivity index (χ2n) is 5.09. The van der Waals surface area contributed by atoms with Crippen molar-refractivity contribution in [3.8, 4) is 5.75 Å². The third kappa shape index (κ3) is 6.03. The zero-order chi connectivity index (χ0) is 13.4. The van der Waals surface area contributed by atoms with E-state index in [9.17, 15) is 5.11 Å². The van der Waals surface area contributed by atoms with Crippen LogP contribution in [0.2, 0.25) is 0 Å².